The van der Waals surface area contributed by atoms with Gasteiger partial charge in [0.25, 0.3) is 11.3 Å². The minimum atomic E-state index is -2.30. The summed E-state index contributed by atoms with van der Waals surface area (Å²) in [6, 6.07) is 15.3. The maximum absolute atomic E-state index is 12.1. The Morgan fingerprint density at radius 1 is 1.11 bits per heavy atom. The third-order valence-electron chi connectivity index (χ3n) is 3.81. The molecular weight excluding hydrogens is 384 g/mol. The van der Waals surface area contributed by atoms with E-state index in [1.54, 1.807) is 54.7 Å². The summed E-state index contributed by atoms with van der Waals surface area (Å²) in [5.41, 5.74) is 2.23. The number of ketones is 1. The number of carbonyl (C=O) groups is 2. The summed E-state index contributed by atoms with van der Waals surface area (Å²) in [6.07, 6.45) is 1.68. The average Bonchev–Trinajstić information content (AvgIpc) is 2.66. The fourth-order valence-electron chi connectivity index (χ4n) is 2.55. The molecule has 1 unspecified atom stereocenters. The van der Waals surface area contributed by atoms with Gasteiger partial charge in [0.15, 0.2) is 10.9 Å². The Hall–Kier alpha value is -2.55. The molecule has 0 spiro atoms. The van der Waals surface area contributed by atoms with E-state index in [-0.39, 0.29) is 16.7 Å². The van der Waals surface area contributed by atoms with Gasteiger partial charge in [-0.3, -0.25) is 19.1 Å². The molecule has 3 aromatic rings. The summed E-state index contributed by atoms with van der Waals surface area (Å²) in [6.45, 7) is 1.41. The number of benzene rings is 2. The van der Waals surface area contributed by atoms with Crippen molar-refractivity contribution < 1.29 is 18.4 Å². The first kappa shape index (κ1) is 19.2. The third kappa shape index (κ3) is 4.60. The Bertz CT molecular complexity index is 1020. The minimum Gasteiger partial charge on any atom is -0.293 e. The lowest BCUT2D eigenvalue weighted by molar-refractivity contribution is -0.109. The molecule has 3 rings (SSSR count). The second kappa shape index (κ2) is 8.43. The van der Waals surface area contributed by atoms with Crippen LogP contribution in [0, 0.1) is 0 Å². The molecule has 0 amide bonds. The van der Waals surface area contributed by atoms with E-state index in [1.807, 2.05) is 6.07 Å². The van der Waals surface area contributed by atoms with Gasteiger partial charge in [0.2, 0.25) is 0 Å². The molecule has 0 saturated heterocycles. The highest BCUT2D eigenvalue weighted by atomic mass is 32.2. The first-order valence-electron chi connectivity index (χ1n) is 7.98. The number of rotatable bonds is 6. The summed E-state index contributed by atoms with van der Waals surface area (Å²) in [4.78, 5) is 27.3. The first-order valence-corrected chi connectivity index (χ1v) is 10.0. The van der Waals surface area contributed by atoms with E-state index < -0.39 is 11.3 Å². The summed E-state index contributed by atoms with van der Waals surface area (Å²) in [5.74, 6) is -0.0997. The molecule has 0 aliphatic carbocycles. The minimum absolute atomic E-state index is 0.0714. The van der Waals surface area contributed by atoms with Gasteiger partial charge < -0.3 is 0 Å². The zero-order chi connectivity index (χ0) is 19.4. The van der Waals surface area contributed by atoms with Crippen LogP contribution >= 0.6 is 11.8 Å². The fourth-order valence-corrected chi connectivity index (χ4v) is 3.65. The number of nitrogens with zero attached hydrogens (tertiary/aromatic N) is 2. The van der Waals surface area contributed by atoms with Gasteiger partial charge in [-0.25, -0.2) is 8.51 Å². The van der Waals surface area contributed by atoms with Crippen LogP contribution in [0.2, 0.25) is 0 Å². The van der Waals surface area contributed by atoms with Crippen LogP contribution in [-0.2, 0) is 16.1 Å². The Morgan fingerprint density at radius 3 is 2.48 bits per heavy atom. The number of pyridine rings is 1. The van der Waals surface area contributed by atoms with Crippen LogP contribution in [0.3, 0.4) is 0 Å². The molecule has 0 aliphatic heterocycles. The molecule has 1 atom stereocenters. The van der Waals surface area contributed by atoms with E-state index in [0.29, 0.717) is 16.9 Å². The van der Waals surface area contributed by atoms with Crippen molar-refractivity contribution in [3.05, 3.63) is 66.4 Å². The number of Topliss-reactive ketones (excluding diaryl/α,β-unsaturated/α-hetero) is 1. The molecule has 138 valence electrons. The predicted molar refractivity (Wildman–Crippen MR) is 109 cm³/mol. The third-order valence-corrected chi connectivity index (χ3v) is 5.35. The number of hydrogen-bond donors (Lipinski definition) is 1. The van der Waals surface area contributed by atoms with E-state index in [9.17, 15) is 18.4 Å². The number of aromatic nitrogens is 1. The van der Waals surface area contributed by atoms with Crippen molar-refractivity contribution in [1.29, 1.82) is 0 Å². The largest absolute Gasteiger partial charge is 0.293 e. The second-order valence-corrected chi connectivity index (χ2v) is 7.63. The van der Waals surface area contributed by atoms with E-state index in [1.165, 1.54) is 11.2 Å². The molecule has 8 heteroatoms. The van der Waals surface area contributed by atoms with E-state index in [4.69, 9.17) is 0 Å². The molecule has 6 nitrogen and oxygen atoms in total. The molecule has 0 aliphatic rings. The number of fused-ring (bicyclic) bond motifs is 1. The molecule has 0 radical (unpaired) electrons. The second-order valence-electron chi connectivity index (χ2n) is 5.66. The van der Waals surface area contributed by atoms with Crippen molar-refractivity contribution in [3.8, 4) is 0 Å². The highest BCUT2D eigenvalue weighted by Crippen LogP contribution is 2.29. The Balaban J connectivity index is 1.89. The molecular formula is C19H16N2O4S2. The molecule has 1 heterocycles. The van der Waals surface area contributed by atoms with Crippen LogP contribution in [0.4, 0.5) is 11.4 Å². The van der Waals surface area contributed by atoms with Crippen LogP contribution in [0.5, 0.6) is 0 Å². The van der Waals surface area contributed by atoms with E-state index >= 15 is 0 Å². The van der Waals surface area contributed by atoms with Crippen LogP contribution in [0.1, 0.15) is 17.3 Å². The van der Waals surface area contributed by atoms with Crippen LogP contribution < -0.4 is 4.31 Å². The van der Waals surface area contributed by atoms with Crippen LogP contribution in [0.15, 0.2) is 60.8 Å². The average molecular weight is 400 g/mol. The number of carbonyl (C=O) groups excluding carboxylic acids is 2. The molecule has 0 saturated carbocycles. The highest BCUT2D eigenvalue weighted by Gasteiger charge is 2.17. The topological polar surface area (TPSA) is 87.6 Å². The SMILES string of the molecule is CC(=O)SCC(=O)c1ccc(N(c2ccc3ncccc3c2)S(=O)O)cc1. The van der Waals surface area contributed by atoms with E-state index in [0.717, 1.165) is 22.7 Å². The van der Waals surface area contributed by atoms with E-state index in [2.05, 4.69) is 4.98 Å². The van der Waals surface area contributed by atoms with Gasteiger partial charge in [-0.1, -0.05) is 17.8 Å². The van der Waals surface area contributed by atoms with Gasteiger partial charge >= 0.3 is 0 Å². The van der Waals surface area contributed by atoms with Crippen LogP contribution in [0.25, 0.3) is 10.9 Å². The maximum atomic E-state index is 12.1. The van der Waals surface area contributed by atoms with Crippen molar-refractivity contribution in [3.63, 3.8) is 0 Å². The zero-order valence-corrected chi connectivity index (χ0v) is 16.0. The van der Waals surface area contributed by atoms with Gasteiger partial charge in [0, 0.05) is 24.1 Å². The number of hydrogen-bond acceptors (Lipinski definition) is 5. The summed E-state index contributed by atoms with van der Waals surface area (Å²) < 4.78 is 23.0. The van der Waals surface area contributed by atoms with Crippen molar-refractivity contribution in [1.82, 2.24) is 4.98 Å². The summed E-state index contributed by atoms with van der Waals surface area (Å²) in [5, 5.41) is 0.728. The molecule has 0 fully saturated rings. The Morgan fingerprint density at radius 2 is 1.81 bits per heavy atom. The van der Waals surface area contributed by atoms with Gasteiger partial charge in [0.1, 0.15) is 0 Å². The fraction of sp³-hybridized carbons (Fsp3) is 0.105. The molecule has 1 aromatic heterocycles. The van der Waals surface area contributed by atoms with Gasteiger partial charge in [-0.2, -0.15) is 0 Å². The quantitative estimate of drug-likeness (QED) is 0.498. The highest BCUT2D eigenvalue weighted by molar-refractivity contribution is 8.14. The first-order chi connectivity index (χ1) is 13.0. The van der Waals surface area contributed by atoms with Crippen LogP contribution in [-0.4, -0.2) is 30.4 Å². The van der Waals surface area contributed by atoms with Crippen molar-refractivity contribution in [2.45, 2.75) is 6.92 Å². The lowest BCUT2D eigenvalue weighted by atomic mass is 10.1. The molecule has 1 N–H and O–H groups in total. The molecule has 2 aromatic carbocycles. The predicted octanol–water partition coefficient (Wildman–Crippen LogP) is 3.97. The zero-order valence-electron chi connectivity index (χ0n) is 14.4. The lowest BCUT2D eigenvalue weighted by Crippen LogP contribution is -2.19. The van der Waals surface area contributed by atoms with Crippen molar-refractivity contribution in [2.24, 2.45) is 0 Å². The smallest absolute Gasteiger partial charge is 0.266 e. The summed E-state index contributed by atoms with van der Waals surface area (Å²) >= 11 is -1.34. The number of thioether (sulfide) groups is 1. The molecule has 27 heavy (non-hydrogen) atoms. The van der Waals surface area contributed by atoms with Crippen molar-refractivity contribution >= 4 is 56.2 Å². The normalized spacial score (nSPS) is 11.9. The van der Waals surface area contributed by atoms with Gasteiger partial charge in [-0.05, 0) is 48.5 Å². The van der Waals surface area contributed by atoms with Gasteiger partial charge in [-0.15, -0.1) is 0 Å². The molecule has 0 bridgehead atoms. The maximum Gasteiger partial charge on any atom is 0.266 e. The standard InChI is InChI=1S/C19H16N2O4S2/c1-13(22)26-12-19(23)14-4-6-16(7-5-14)21(27(24)25)17-8-9-18-15(11-17)3-2-10-20-18/h2-11H,12H2,1H3,(H,24,25). The Kier molecular flexibility index (Phi) is 6.00. The van der Waals surface area contributed by atoms with Gasteiger partial charge in [0.05, 0.1) is 22.6 Å². The Labute approximate surface area is 163 Å². The lowest BCUT2D eigenvalue weighted by Gasteiger charge is -2.20. The monoisotopic (exact) mass is 400 g/mol. The number of anilines is 2. The summed E-state index contributed by atoms with van der Waals surface area (Å²) in [7, 11) is 0. The van der Waals surface area contributed by atoms with Crippen molar-refractivity contribution in [2.75, 3.05) is 10.1 Å².